The smallest absolute Gasteiger partial charge is 0.319 e. The van der Waals surface area contributed by atoms with Crippen molar-refractivity contribution in [1.82, 2.24) is 5.32 Å². The van der Waals surface area contributed by atoms with Crippen LogP contribution in [-0.4, -0.2) is 30.9 Å². The summed E-state index contributed by atoms with van der Waals surface area (Å²) in [6.45, 7) is 5.55. The number of urea groups is 1. The number of hydrogen-bond donors (Lipinski definition) is 3. The number of rotatable bonds is 8. The fraction of sp³-hybridized carbons (Fsp3) is 0.533. The van der Waals surface area contributed by atoms with Crippen LogP contribution in [0, 0.1) is 5.92 Å². The normalized spacial score (nSPS) is 10.4. The number of hydrogen-bond acceptors (Lipinski definition) is 3. The minimum atomic E-state index is -0.271. The fourth-order valence-corrected chi connectivity index (χ4v) is 1.50. The third-order valence-corrected chi connectivity index (χ3v) is 2.70. The highest BCUT2D eigenvalue weighted by atomic mass is 16.5. The number of carbonyl (C=O) groups excluding carboxylic acids is 1. The first-order valence-electron chi connectivity index (χ1n) is 7.00. The van der Waals surface area contributed by atoms with Gasteiger partial charge in [-0.1, -0.05) is 13.8 Å². The molecule has 5 heteroatoms. The maximum Gasteiger partial charge on any atom is 0.319 e. The summed E-state index contributed by atoms with van der Waals surface area (Å²) in [5.41, 5.74) is 0.711. The summed E-state index contributed by atoms with van der Waals surface area (Å²) in [5.74, 6) is 1.43. The number of benzene rings is 1. The molecule has 112 valence electrons. The van der Waals surface area contributed by atoms with E-state index in [2.05, 4.69) is 24.5 Å². The number of amides is 2. The Morgan fingerprint density at radius 3 is 2.60 bits per heavy atom. The fourth-order valence-electron chi connectivity index (χ4n) is 1.50. The molecule has 0 saturated heterocycles. The number of ether oxygens (including phenoxy) is 1. The van der Waals surface area contributed by atoms with Gasteiger partial charge in [-0.05, 0) is 43.0 Å². The zero-order chi connectivity index (χ0) is 14.8. The summed E-state index contributed by atoms with van der Waals surface area (Å²) >= 11 is 0. The van der Waals surface area contributed by atoms with Crippen LogP contribution in [0.5, 0.6) is 5.75 Å². The molecule has 0 spiro atoms. The highest BCUT2D eigenvalue weighted by molar-refractivity contribution is 5.89. The van der Waals surface area contributed by atoms with Gasteiger partial charge in [-0.2, -0.15) is 0 Å². The summed E-state index contributed by atoms with van der Waals surface area (Å²) in [5, 5.41) is 14.0. The van der Waals surface area contributed by atoms with E-state index in [0.717, 1.165) is 12.2 Å². The summed E-state index contributed by atoms with van der Waals surface area (Å²) in [6, 6.07) is 7.01. The lowest BCUT2D eigenvalue weighted by atomic mass is 10.1. The number of carbonyl (C=O) groups is 1. The van der Waals surface area contributed by atoms with Crippen LogP contribution in [-0.2, 0) is 0 Å². The molecule has 0 aromatic heterocycles. The molecule has 1 aromatic rings. The summed E-state index contributed by atoms with van der Waals surface area (Å²) in [6.07, 6.45) is 1.57. The van der Waals surface area contributed by atoms with Gasteiger partial charge in [-0.25, -0.2) is 4.79 Å². The molecular weight excluding hydrogens is 256 g/mol. The summed E-state index contributed by atoms with van der Waals surface area (Å²) < 4.78 is 5.60. The molecule has 3 N–H and O–H groups in total. The number of aliphatic hydroxyl groups is 1. The molecule has 1 aromatic carbocycles. The zero-order valence-electron chi connectivity index (χ0n) is 12.2. The largest absolute Gasteiger partial charge is 0.494 e. The predicted molar refractivity (Wildman–Crippen MR) is 80.1 cm³/mol. The Bertz CT molecular complexity index is 391. The third-order valence-electron chi connectivity index (χ3n) is 2.70. The molecule has 0 saturated carbocycles. The maximum absolute atomic E-state index is 11.5. The number of nitrogens with one attached hydrogen (secondary N) is 2. The first-order valence-corrected chi connectivity index (χ1v) is 7.00. The van der Waals surface area contributed by atoms with Crippen LogP contribution in [0.2, 0.25) is 0 Å². The van der Waals surface area contributed by atoms with Crippen molar-refractivity contribution in [2.75, 3.05) is 25.1 Å². The zero-order valence-corrected chi connectivity index (χ0v) is 12.2. The van der Waals surface area contributed by atoms with E-state index in [1.165, 1.54) is 0 Å². The minimum Gasteiger partial charge on any atom is -0.494 e. The molecule has 20 heavy (non-hydrogen) atoms. The van der Waals surface area contributed by atoms with Crippen LogP contribution in [0.4, 0.5) is 10.5 Å². The van der Waals surface area contributed by atoms with Crippen molar-refractivity contribution in [2.24, 2.45) is 5.92 Å². The molecule has 0 unspecified atom stereocenters. The van der Waals surface area contributed by atoms with Crippen LogP contribution in [0.1, 0.15) is 26.7 Å². The van der Waals surface area contributed by atoms with E-state index >= 15 is 0 Å². The molecule has 1 rings (SSSR count). The standard InChI is InChI=1S/C15H24N2O3/c1-12(2)8-11-20-14-6-4-13(5-7-14)17-15(19)16-9-3-10-18/h4-7,12,18H,3,8-11H2,1-2H3,(H2,16,17,19). The molecule has 0 radical (unpaired) electrons. The maximum atomic E-state index is 11.5. The topological polar surface area (TPSA) is 70.6 Å². The lowest BCUT2D eigenvalue weighted by Gasteiger charge is -2.10. The summed E-state index contributed by atoms with van der Waals surface area (Å²) in [4.78, 5) is 11.5. The molecular formula is C15H24N2O3. The summed E-state index contributed by atoms with van der Waals surface area (Å²) in [7, 11) is 0. The van der Waals surface area contributed by atoms with E-state index in [-0.39, 0.29) is 12.6 Å². The quantitative estimate of drug-likeness (QED) is 0.641. The Morgan fingerprint density at radius 1 is 1.30 bits per heavy atom. The second-order valence-electron chi connectivity index (χ2n) is 5.01. The van der Waals surface area contributed by atoms with Crippen molar-refractivity contribution in [3.05, 3.63) is 24.3 Å². The van der Waals surface area contributed by atoms with Gasteiger partial charge in [0, 0.05) is 18.8 Å². The highest BCUT2D eigenvalue weighted by Crippen LogP contribution is 2.16. The van der Waals surface area contributed by atoms with Crippen molar-refractivity contribution in [2.45, 2.75) is 26.7 Å². The first-order chi connectivity index (χ1) is 9.61. The van der Waals surface area contributed by atoms with Gasteiger partial charge in [0.25, 0.3) is 0 Å². The van der Waals surface area contributed by atoms with E-state index in [4.69, 9.17) is 9.84 Å². The Morgan fingerprint density at radius 2 is 2.00 bits per heavy atom. The Labute approximate surface area is 120 Å². The highest BCUT2D eigenvalue weighted by Gasteiger charge is 2.01. The van der Waals surface area contributed by atoms with Gasteiger partial charge in [0.05, 0.1) is 6.61 Å². The van der Waals surface area contributed by atoms with Crippen molar-refractivity contribution >= 4 is 11.7 Å². The van der Waals surface area contributed by atoms with Gasteiger partial charge in [0.15, 0.2) is 0 Å². The van der Waals surface area contributed by atoms with Crippen LogP contribution in [0.3, 0.4) is 0 Å². The minimum absolute atomic E-state index is 0.0721. The lowest BCUT2D eigenvalue weighted by molar-refractivity contribution is 0.249. The van der Waals surface area contributed by atoms with Crippen LogP contribution < -0.4 is 15.4 Å². The van der Waals surface area contributed by atoms with Gasteiger partial charge < -0.3 is 20.5 Å². The molecule has 5 nitrogen and oxygen atoms in total. The first kappa shape index (κ1) is 16.3. The van der Waals surface area contributed by atoms with Gasteiger partial charge in [-0.15, -0.1) is 0 Å². The SMILES string of the molecule is CC(C)CCOc1ccc(NC(=O)NCCCO)cc1. The van der Waals surface area contributed by atoms with E-state index < -0.39 is 0 Å². The molecule has 0 atom stereocenters. The predicted octanol–water partition coefficient (Wildman–Crippen LogP) is 2.62. The van der Waals surface area contributed by atoms with E-state index in [9.17, 15) is 4.79 Å². The van der Waals surface area contributed by atoms with Crippen molar-refractivity contribution in [1.29, 1.82) is 0 Å². The molecule has 0 aliphatic rings. The second-order valence-corrected chi connectivity index (χ2v) is 5.01. The van der Waals surface area contributed by atoms with Crippen molar-refractivity contribution < 1.29 is 14.6 Å². The third kappa shape index (κ3) is 6.99. The van der Waals surface area contributed by atoms with E-state index in [1.54, 1.807) is 12.1 Å². The average Bonchev–Trinajstić information content (AvgIpc) is 2.41. The molecule has 0 bridgehead atoms. The van der Waals surface area contributed by atoms with Gasteiger partial charge in [0.1, 0.15) is 5.75 Å². The van der Waals surface area contributed by atoms with Gasteiger partial charge >= 0.3 is 6.03 Å². The molecule has 2 amide bonds. The number of aliphatic hydroxyl groups excluding tert-OH is 1. The molecule has 0 aliphatic carbocycles. The van der Waals surface area contributed by atoms with Crippen LogP contribution in [0.25, 0.3) is 0 Å². The van der Waals surface area contributed by atoms with Gasteiger partial charge in [0.2, 0.25) is 0 Å². The van der Waals surface area contributed by atoms with Crippen molar-refractivity contribution in [3.8, 4) is 5.75 Å². The Hall–Kier alpha value is -1.75. The second kappa shape index (κ2) is 9.20. The molecule has 0 heterocycles. The lowest BCUT2D eigenvalue weighted by Crippen LogP contribution is -2.29. The molecule has 0 aliphatic heterocycles. The number of anilines is 1. The van der Waals surface area contributed by atoms with Crippen LogP contribution in [0.15, 0.2) is 24.3 Å². The molecule has 0 fully saturated rings. The monoisotopic (exact) mass is 280 g/mol. The van der Waals surface area contributed by atoms with Crippen LogP contribution >= 0.6 is 0 Å². The Balaban J connectivity index is 2.32. The Kier molecular flexibility index (Phi) is 7.50. The average molecular weight is 280 g/mol. The van der Waals surface area contributed by atoms with Crippen molar-refractivity contribution in [3.63, 3.8) is 0 Å². The van der Waals surface area contributed by atoms with Gasteiger partial charge in [-0.3, -0.25) is 0 Å². The van der Waals surface area contributed by atoms with E-state index in [0.29, 0.717) is 31.2 Å². The van der Waals surface area contributed by atoms with E-state index in [1.807, 2.05) is 12.1 Å².